The van der Waals surface area contributed by atoms with Gasteiger partial charge in [-0.05, 0) is 50.7 Å². The summed E-state index contributed by atoms with van der Waals surface area (Å²) in [5.74, 6) is 0.164. The smallest absolute Gasteiger partial charge is 0.387 e. The van der Waals surface area contributed by atoms with Gasteiger partial charge < -0.3 is 4.74 Å². The summed E-state index contributed by atoms with van der Waals surface area (Å²) in [6, 6.07) is 3.26. The third-order valence-corrected chi connectivity index (χ3v) is 4.11. The Balaban J connectivity index is 3.05. The molecule has 1 aromatic rings. The molecule has 0 heterocycles. The molecule has 0 bridgehead atoms. The van der Waals surface area contributed by atoms with Crippen LogP contribution in [0.15, 0.2) is 21.1 Å². The van der Waals surface area contributed by atoms with Crippen LogP contribution in [0.2, 0.25) is 0 Å². The van der Waals surface area contributed by atoms with Crippen molar-refractivity contribution in [3.05, 3.63) is 24.6 Å². The van der Waals surface area contributed by atoms with E-state index in [4.69, 9.17) is 0 Å². The zero-order valence-corrected chi connectivity index (χ0v) is 11.4. The van der Waals surface area contributed by atoms with E-state index in [1.165, 1.54) is 6.07 Å². The number of halogens is 5. The van der Waals surface area contributed by atoms with E-state index in [-0.39, 0.29) is 5.75 Å². The lowest BCUT2D eigenvalue weighted by Crippen LogP contribution is -2.03. The molecule has 72 valence electrons. The average molecular weight is 428 g/mol. The Labute approximate surface area is 104 Å². The Hall–Kier alpha value is 0.570. The van der Waals surface area contributed by atoms with Gasteiger partial charge in [-0.25, -0.2) is 0 Å². The molecule has 0 aromatic heterocycles. The molecule has 1 nitrogen and oxygen atoms in total. The van der Waals surface area contributed by atoms with Crippen molar-refractivity contribution in [3.63, 3.8) is 0 Å². The normalized spacial score (nSPS) is 10.6. The summed E-state index contributed by atoms with van der Waals surface area (Å²) >= 11 is 8.33. The van der Waals surface area contributed by atoms with Crippen molar-refractivity contribution in [2.75, 3.05) is 0 Å². The summed E-state index contributed by atoms with van der Waals surface area (Å²) in [7, 11) is 0. The highest BCUT2D eigenvalue weighted by Gasteiger charge is 2.11. The van der Waals surface area contributed by atoms with Crippen molar-refractivity contribution in [1.82, 2.24) is 0 Å². The largest absolute Gasteiger partial charge is 0.434 e. The quantitative estimate of drug-likeness (QED) is 0.501. The maximum atomic E-state index is 11.9. The highest BCUT2D eigenvalue weighted by molar-refractivity contribution is 14.1. The van der Waals surface area contributed by atoms with Crippen molar-refractivity contribution in [3.8, 4) is 5.75 Å². The van der Waals surface area contributed by atoms with Crippen LogP contribution in [-0.2, 0) is 0 Å². The van der Waals surface area contributed by atoms with E-state index in [1.54, 1.807) is 6.07 Å². The molecule has 0 N–H and O–H groups in total. The van der Waals surface area contributed by atoms with Gasteiger partial charge >= 0.3 is 6.61 Å². The molecule has 0 saturated carbocycles. The number of benzene rings is 1. The molecule has 1 rings (SSSR count). The molecule has 0 amide bonds. The second-order valence-corrected chi connectivity index (χ2v) is 4.93. The Morgan fingerprint density at radius 1 is 1.31 bits per heavy atom. The Morgan fingerprint density at radius 3 is 2.46 bits per heavy atom. The zero-order chi connectivity index (χ0) is 10.0. The minimum Gasteiger partial charge on any atom is -0.434 e. The van der Waals surface area contributed by atoms with Crippen LogP contribution in [0.5, 0.6) is 5.75 Å². The molecule has 0 saturated heterocycles. The third kappa shape index (κ3) is 3.32. The number of hydrogen-bond acceptors (Lipinski definition) is 1. The number of alkyl halides is 2. The summed E-state index contributed by atoms with van der Waals surface area (Å²) in [5.41, 5.74) is 0. The van der Waals surface area contributed by atoms with Crippen LogP contribution >= 0.6 is 54.5 Å². The van der Waals surface area contributed by atoms with Gasteiger partial charge in [0.2, 0.25) is 0 Å². The van der Waals surface area contributed by atoms with Crippen LogP contribution in [0.3, 0.4) is 0 Å². The summed E-state index contributed by atoms with van der Waals surface area (Å²) in [6.07, 6.45) is 0. The predicted octanol–water partition coefficient (Wildman–Crippen LogP) is 4.42. The van der Waals surface area contributed by atoms with E-state index in [1.807, 2.05) is 22.6 Å². The average Bonchev–Trinajstić information content (AvgIpc) is 1.98. The summed E-state index contributed by atoms with van der Waals surface area (Å²) in [6.45, 7) is -2.80. The Bertz CT molecular complexity index is 320. The van der Waals surface area contributed by atoms with Crippen LogP contribution in [-0.4, -0.2) is 6.61 Å². The molecule has 0 spiro atoms. The van der Waals surface area contributed by atoms with E-state index in [2.05, 4.69) is 36.6 Å². The molecule has 1 aromatic carbocycles. The monoisotopic (exact) mass is 426 g/mol. The molecule has 0 unspecified atom stereocenters. The molecular weight excluding hydrogens is 425 g/mol. The maximum Gasteiger partial charge on any atom is 0.387 e. The van der Waals surface area contributed by atoms with Gasteiger partial charge in [0.15, 0.2) is 0 Å². The molecule has 0 aliphatic heterocycles. The van der Waals surface area contributed by atoms with E-state index in [0.29, 0.717) is 8.04 Å². The van der Waals surface area contributed by atoms with Crippen molar-refractivity contribution < 1.29 is 13.5 Å². The highest BCUT2D eigenvalue weighted by Crippen LogP contribution is 2.33. The molecule has 6 heteroatoms. The predicted molar refractivity (Wildman–Crippen MR) is 61.2 cm³/mol. The molecular formula is C7H3Br2F2IO. The third-order valence-electron chi connectivity index (χ3n) is 1.18. The van der Waals surface area contributed by atoms with Crippen LogP contribution in [0, 0.1) is 3.57 Å². The molecule has 0 aliphatic rings. The molecule has 13 heavy (non-hydrogen) atoms. The summed E-state index contributed by atoms with van der Waals surface area (Å²) < 4.78 is 30.2. The van der Waals surface area contributed by atoms with Gasteiger partial charge in [-0.15, -0.1) is 0 Å². The van der Waals surface area contributed by atoms with Crippen molar-refractivity contribution in [2.24, 2.45) is 0 Å². The maximum absolute atomic E-state index is 11.9. The van der Waals surface area contributed by atoms with Crippen molar-refractivity contribution in [2.45, 2.75) is 6.61 Å². The molecule has 0 fully saturated rings. The lowest BCUT2D eigenvalue weighted by molar-refractivity contribution is -0.0505. The standard InChI is InChI=1S/C7H3Br2F2IO/c8-3-1-4(9)6(12)5(2-3)13-7(10)11/h1-2,7H. The molecule has 0 atom stereocenters. The van der Waals surface area contributed by atoms with Gasteiger partial charge in [-0.2, -0.15) is 8.78 Å². The van der Waals surface area contributed by atoms with Gasteiger partial charge in [0.25, 0.3) is 0 Å². The highest BCUT2D eigenvalue weighted by atomic mass is 127. The SMILES string of the molecule is FC(F)Oc1cc(Br)cc(Br)c1I. The van der Waals surface area contributed by atoms with Crippen molar-refractivity contribution in [1.29, 1.82) is 0 Å². The van der Waals surface area contributed by atoms with Gasteiger partial charge in [-0.1, -0.05) is 15.9 Å². The summed E-state index contributed by atoms with van der Waals surface area (Å²) in [5, 5.41) is 0. The van der Waals surface area contributed by atoms with Crippen LogP contribution in [0.1, 0.15) is 0 Å². The fourth-order valence-corrected chi connectivity index (χ4v) is 2.34. The van der Waals surface area contributed by atoms with E-state index in [9.17, 15) is 8.78 Å². The Kier molecular flexibility index (Phi) is 4.37. The Morgan fingerprint density at radius 2 is 1.92 bits per heavy atom. The topological polar surface area (TPSA) is 9.23 Å². The number of hydrogen-bond donors (Lipinski definition) is 0. The second kappa shape index (κ2) is 4.88. The minimum absolute atomic E-state index is 0.164. The zero-order valence-electron chi connectivity index (χ0n) is 6.03. The first kappa shape index (κ1) is 11.6. The van der Waals surface area contributed by atoms with Gasteiger partial charge in [-0.3, -0.25) is 0 Å². The van der Waals surface area contributed by atoms with Crippen LogP contribution in [0.25, 0.3) is 0 Å². The first-order valence-corrected chi connectivity index (χ1v) is 5.76. The fraction of sp³-hybridized carbons (Fsp3) is 0.143. The van der Waals surface area contributed by atoms with Gasteiger partial charge in [0.1, 0.15) is 5.75 Å². The molecule has 0 aliphatic carbocycles. The summed E-state index contributed by atoms with van der Waals surface area (Å²) in [4.78, 5) is 0. The first-order valence-electron chi connectivity index (χ1n) is 3.10. The van der Waals surface area contributed by atoms with E-state index >= 15 is 0 Å². The van der Waals surface area contributed by atoms with Crippen LogP contribution in [0.4, 0.5) is 8.78 Å². The first-order chi connectivity index (χ1) is 6.00. The van der Waals surface area contributed by atoms with E-state index < -0.39 is 6.61 Å². The van der Waals surface area contributed by atoms with Gasteiger partial charge in [0, 0.05) is 8.95 Å². The van der Waals surface area contributed by atoms with E-state index in [0.717, 1.165) is 4.47 Å². The lowest BCUT2D eigenvalue weighted by atomic mass is 10.3. The van der Waals surface area contributed by atoms with Crippen LogP contribution < -0.4 is 4.74 Å². The number of ether oxygens (including phenoxy) is 1. The van der Waals surface area contributed by atoms with Gasteiger partial charge in [0.05, 0.1) is 3.57 Å². The number of rotatable bonds is 2. The second-order valence-electron chi connectivity index (χ2n) is 2.08. The minimum atomic E-state index is -2.80. The molecule has 0 radical (unpaired) electrons. The lowest BCUT2D eigenvalue weighted by Gasteiger charge is -2.08. The van der Waals surface area contributed by atoms with Crippen molar-refractivity contribution >= 4 is 54.5 Å². The fourth-order valence-electron chi connectivity index (χ4n) is 0.714.